The zero-order valence-corrected chi connectivity index (χ0v) is 10.5. The van der Waals surface area contributed by atoms with Crippen LogP contribution >= 0.6 is 0 Å². The van der Waals surface area contributed by atoms with Gasteiger partial charge in [0.05, 0.1) is 0 Å². The van der Waals surface area contributed by atoms with Crippen molar-refractivity contribution in [3.63, 3.8) is 0 Å². The minimum atomic E-state index is -0.353. The summed E-state index contributed by atoms with van der Waals surface area (Å²) in [4.78, 5) is 8.40. The molecular weight excluding hydrogens is 240 g/mol. The summed E-state index contributed by atoms with van der Waals surface area (Å²) in [7, 11) is 0. The van der Waals surface area contributed by atoms with Gasteiger partial charge in [0.2, 0.25) is 0 Å². The lowest BCUT2D eigenvalue weighted by molar-refractivity contribution is 0.464. The van der Waals surface area contributed by atoms with Gasteiger partial charge < -0.3 is 4.42 Å². The van der Waals surface area contributed by atoms with Gasteiger partial charge in [-0.25, -0.2) is 15.4 Å². The Morgan fingerprint density at radius 2 is 2.00 bits per heavy atom. The van der Waals surface area contributed by atoms with E-state index < -0.39 is 0 Å². The smallest absolute Gasteiger partial charge is 0.154 e. The molecule has 0 aliphatic heterocycles. The first-order chi connectivity index (χ1) is 9.28. The van der Waals surface area contributed by atoms with Crippen molar-refractivity contribution < 1.29 is 4.42 Å². The number of nitrogens with zero attached hydrogens (tertiary/aromatic N) is 2. The molecule has 2 aromatic heterocycles. The molecule has 1 unspecified atom stereocenters. The van der Waals surface area contributed by atoms with Crippen molar-refractivity contribution in [2.75, 3.05) is 0 Å². The van der Waals surface area contributed by atoms with Gasteiger partial charge >= 0.3 is 0 Å². The van der Waals surface area contributed by atoms with Gasteiger partial charge in [-0.05, 0) is 31.2 Å². The summed E-state index contributed by atoms with van der Waals surface area (Å²) in [6.45, 7) is 2.05. The maximum absolute atomic E-state index is 5.81. The van der Waals surface area contributed by atoms with Gasteiger partial charge in [0.15, 0.2) is 5.82 Å². The Morgan fingerprint density at radius 1 is 1.21 bits per heavy atom. The minimum absolute atomic E-state index is 0.353. The van der Waals surface area contributed by atoms with Crippen LogP contribution < -0.4 is 11.3 Å². The van der Waals surface area contributed by atoms with Gasteiger partial charge in [0.1, 0.15) is 17.4 Å². The summed E-state index contributed by atoms with van der Waals surface area (Å²) in [5.74, 6) is 6.89. The Hall–Kier alpha value is -2.24. The zero-order valence-electron chi connectivity index (χ0n) is 10.5. The average molecular weight is 254 g/mol. The highest BCUT2D eigenvalue weighted by Crippen LogP contribution is 2.26. The third kappa shape index (κ3) is 2.21. The molecule has 5 heteroatoms. The normalized spacial score (nSPS) is 12.7. The van der Waals surface area contributed by atoms with E-state index in [0.29, 0.717) is 11.6 Å². The predicted octanol–water partition coefficient (Wildman–Crippen LogP) is 2.08. The third-order valence-corrected chi connectivity index (χ3v) is 2.99. The number of fused-ring (bicyclic) bond motifs is 1. The van der Waals surface area contributed by atoms with Crippen molar-refractivity contribution in [2.45, 2.75) is 13.0 Å². The van der Waals surface area contributed by atoms with Gasteiger partial charge in [0, 0.05) is 17.8 Å². The molecule has 2 heterocycles. The fourth-order valence-corrected chi connectivity index (χ4v) is 2.07. The monoisotopic (exact) mass is 254 g/mol. The van der Waals surface area contributed by atoms with E-state index in [1.807, 2.05) is 25.1 Å². The molecule has 0 spiro atoms. The molecule has 3 rings (SSSR count). The van der Waals surface area contributed by atoms with Gasteiger partial charge in [-0.3, -0.25) is 5.84 Å². The van der Waals surface area contributed by atoms with Gasteiger partial charge in [-0.2, -0.15) is 0 Å². The third-order valence-electron chi connectivity index (χ3n) is 2.99. The Balaban J connectivity index is 2.07. The lowest BCUT2D eigenvalue weighted by atomic mass is 10.1. The van der Waals surface area contributed by atoms with Crippen LogP contribution in [0, 0.1) is 6.92 Å². The van der Waals surface area contributed by atoms with E-state index >= 15 is 0 Å². The second-order valence-electron chi connectivity index (χ2n) is 4.40. The van der Waals surface area contributed by atoms with Gasteiger partial charge in [-0.1, -0.05) is 11.6 Å². The topological polar surface area (TPSA) is 77.0 Å². The van der Waals surface area contributed by atoms with Gasteiger partial charge in [0.25, 0.3) is 0 Å². The van der Waals surface area contributed by atoms with Crippen molar-refractivity contribution in [3.05, 3.63) is 59.9 Å². The lowest BCUT2D eigenvalue weighted by Crippen LogP contribution is -2.29. The molecule has 96 valence electrons. The van der Waals surface area contributed by atoms with Crippen molar-refractivity contribution >= 4 is 11.0 Å². The number of nitrogens with one attached hydrogen (secondary N) is 1. The van der Waals surface area contributed by atoms with Crippen LogP contribution in [0.4, 0.5) is 0 Å². The maximum atomic E-state index is 5.81. The summed E-state index contributed by atoms with van der Waals surface area (Å²) in [5, 5.41) is 1.05. The number of aryl methyl sites for hydroxylation is 1. The first-order valence-corrected chi connectivity index (χ1v) is 6.01. The Morgan fingerprint density at radius 3 is 2.74 bits per heavy atom. The number of nitrogens with two attached hydrogens (primary N) is 1. The molecule has 3 N–H and O–H groups in total. The van der Waals surface area contributed by atoms with Crippen LogP contribution in [0.1, 0.15) is 23.2 Å². The highest BCUT2D eigenvalue weighted by Gasteiger charge is 2.19. The highest BCUT2D eigenvalue weighted by atomic mass is 16.3. The maximum Gasteiger partial charge on any atom is 0.154 e. The van der Waals surface area contributed by atoms with Crippen LogP contribution in [-0.2, 0) is 0 Å². The largest absolute Gasteiger partial charge is 0.459 e. The molecule has 3 aromatic rings. The Kier molecular flexibility index (Phi) is 2.98. The molecule has 0 fully saturated rings. The zero-order chi connectivity index (χ0) is 13.2. The molecule has 19 heavy (non-hydrogen) atoms. The average Bonchev–Trinajstić information content (AvgIpc) is 2.83. The number of hydrazine groups is 1. The molecule has 1 atom stereocenters. The van der Waals surface area contributed by atoms with E-state index in [0.717, 1.165) is 11.0 Å². The van der Waals surface area contributed by atoms with E-state index in [4.69, 9.17) is 10.3 Å². The van der Waals surface area contributed by atoms with E-state index in [2.05, 4.69) is 21.5 Å². The second kappa shape index (κ2) is 4.79. The van der Waals surface area contributed by atoms with Crippen LogP contribution in [0.3, 0.4) is 0 Å². The number of hydrogen-bond acceptors (Lipinski definition) is 5. The van der Waals surface area contributed by atoms with E-state index in [1.54, 1.807) is 18.5 Å². The second-order valence-corrected chi connectivity index (χ2v) is 4.40. The fraction of sp³-hybridized carbons (Fsp3) is 0.143. The first kappa shape index (κ1) is 11.8. The van der Waals surface area contributed by atoms with Crippen molar-refractivity contribution in [2.24, 2.45) is 5.84 Å². The summed E-state index contributed by atoms with van der Waals surface area (Å²) in [5.41, 5.74) is 4.71. The molecule has 0 saturated carbocycles. The first-order valence-electron chi connectivity index (χ1n) is 6.01. The molecule has 0 saturated heterocycles. The molecule has 5 nitrogen and oxygen atoms in total. The van der Waals surface area contributed by atoms with Crippen LogP contribution in [0.25, 0.3) is 11.0 Å². The quantitative estimate of drug-likeness (QED) is 0.552. The standard InChI is InChI=1S/C14H14N4O/c1-9-3-4-11-10(7-9)8-12(19-11)13(18-15)14-16-5-2-6-17-14/h2-8,13,18H,15H2,1H3. The Bertz CT molecular complexity index is 693. The molecule has 0 radical (unpaired) electrons. The van der Waals surface area contributed by atoms with Crippen molar-refractivity contribution in [3.8, 4) is 0 Å². The summed E-state index contributed by atoms with van der Waals surface area (Å²) < 4.78 is 5.81. The SMILES string of the molecule is Cc1ccc2oc(C(NN)c3ncccn3)cc2c1. The molecule has 0 aliphatic rings. The minimum Gasteiger partial charge on any atom is -0.459 e. The number of benzene rings is 1. The number of furan rings is 1. The van der Waals surface area contributed by atoms with Crippen molar-refractivity contribution in [1.82, 2.24) is 15.4 Å². The van der Waals surface area contributed by atoms with Crippen LogP contribution in [-0.4, -0.2) is 9.97 Å². The summed E-state index contributed by atoms with van der Waals surface area (Å²) in [6, 6.07) is 9.41. The van der Waals surface area contributed by atoms with E-state index in [9.17, 15) is 0 Å². The summed E-state index contributed by atoms with van der Waals surface area (Å²) in [6.07, 6.45) is 3.36. The molecule has 1 aromatic carbocycles. The Labute approximate surface area is 110 Å². The lowest BCUT2D eigenvalue weighted by Gasteiger charge is -2.10. The number of hydrogen-bond donors (Lipinski definition) is 2. The summed E-state index contributed by atoms with van der Waals surface area (Å²) >= 11 is 0. The van der Waals surface area contributed by atoms with Crippen LogP contribution in [0.5, 0.6) is 0 Å². The number of rotatable bonds is 3. The van der Waals surface area contributed by atoms with Gasteiger partial charge in [-0.15, -0.1) is 0 Å². The molecular formula is C14H14N4O. The molecule has 0 aliphatic carbocycles. The van der Waals surface area contributed by atoms with Crippen LogP contribution in [0.2, 0.25) is 0 Å². The van der Waals surface area contributed by atoms with E-state index in [1.165, 1.54) is 5.56 Å². The number of aromatic nitrogens is 2. The fourth-order valence-electron chi connectivity index (χ4n) is 2.07. The predicted molar refractivity (Wildman–Crippen MR) is 72.1 cm³/mol. The van der Waals surface area contributed by atoms with Crippen molar-refractivity contribution in [1.29, 1.82) is 0 Å². The highest BCUT2D eigenvalue weighted by molar-refractivity contribution is 5.78. The molecule has 0 bridgehead atoms. The molecule has 0 amide bonds. The van der Waals surface area contributed by atoms with Crippen LogP contribution in [0.15, 0.2) is 47.1 Å². The van der Waals surface area contributed by atoms with E-state index in [-0.39, 0.29) is 6.04 Å².